The third kappa shape index (κ3) is 12.4. The lowest BCUT2D eigenvalue weighted by atomic mass is 10.00. The minimum atomic E-state index is -7.82. The standard InChI is InChI=1S/C43H17F39N8O4/c44-27(45,32(55,56)36(63,64)40(71,72)73)10-91-23-83-21(84-24(87-23)92-11-28(46,47)33(57,58)37(65,66)41(74,75)76)89-16-5-1-2-6-17(16)90(19-9-8-15(31(52,53)54)14-4-3-7-18(89)20(14)19)22-85-25(93-12-29(48,49)34(59,60)38(67,68)42(77,78)79)88-26(86-22)94-13-30(50,51)35(61,62)39(69,70)43(80,81)82/h1-9H,10-13H2. The van der Waals surface area contributed by atoms with Crippen molar-refractivity contribution in [1.82, 2.24) is 29.9 Å². The van der Waals surface area contributed by atoms with Gasteiger partial charge in [0.2, 0.25) is 11.9 Å². The maximum absolute atomic E-state index is 14.9. The van der Waals surface area contributed by atoms with Crippen molar-refractivity contribution in [1.29, 1.82) is 0 Å². The van der Waals surface area contributed by atoms with Crippen LogP contribution >= 0.6 is 0 Å². The van der Waals surface area contributed by atoms with E-state index in [4.69, 9.17) is 0 Å². The Kier molecular flexibility index (Phi) is 18.2. The van der Waals surface area contributed by atoms with Gasteiger partial charge < -0.3 is 18.9 Å². The first-order valence-corrected chi connectivity index (χ1v) is 23.0. The summed E-state index contributed by atoms with van der Waals surface area (Å²) in [6.45, 7) is -14.8. The van der Waals surface area contributed by atoms with Crippen LogP contribution in [0.5, 0.6) is 24.0 Å². The van der Waals surface area contributed by atoms with E-state index >= 15 is 0 Å². The molecule has 5 aromatic rings. The number of anilines is 6. The SMILES string of the molecule is FC(F)(F)c1ccc2c3c(cccc13)N(c1nc(OCC(F)(F)C(F)(F)C(F)(F)C(F)(F)F)nc(OCC(F)(F)C(F)(F)C(F)(F)C(F)(F)F)n1)c1ccccc1N2c1nc(OCC(F)(F)C(F)(F)C(F)(F)C(F)(F)F)nc(OCC(F)(F)C(F)(F)C(F)(F)C(F)(F)F)n1. The zero-order valence-corrected chi connectivity index (χ0v) is 43.0. The second-order valence-electron chi connectivity index (χ2n) is 18.4. The molecule has 0 radical (unpaired) electrons. The van der Waals surface area contributed by atoms with Gasteiger partial charge in [-0.25, -0.2) is 0 Å². The highest BCUT2D eigenvalue weighted by Crippen LogP contribution is 2.59. The number of halogens is 39. The number of ether oxygens (including phenoxy) is 4. The molecule has 0 atom stereocenters. The summed E-state index contributed by atoms with van der Waals surface area (Å²) in [7, 11) is 0. The molecule has 3 aromatic carbocycles. The zero-order valence-electron chi connectivity index (χ0n) is 43.0. The van der Waals surface area contributed by atoms with Gasteiger partial charge in [0, 0.05) is 5.39 Å². The van der Waals surface area contributed by atoms with Crippen LogP contribution in [0.3, 0.4) is 0 Å². The Morgan fingerprint density at radius 2 is 0.511 bits per heavy atom. The van der Waals surface area contributed by atoms with Crippen molar-refractivity contribution < 1.29 is 190 Å². The van der Waals surface area contributed by atoms with Crippen molar-refractivity contribution in [3.63, 3.8) is 0 Å². The van der Waals surface area contributed by atoms with Crippen LogP contribution in [-0.2, 0) is 6.18 Å². The van der Waals surface area contributed by atoms with Crippen molar-refractivity contribution >= 4 is 45.4 Å². The smallest absolute Gasteiger partial charge is 0.457 e. The van der Waals surface area contributed by atoms with E-state index in [1.165, 1.54) is 0 Å². The summed E-state index contributed by atoms with van der Waals surface area (Å²) in [5.41, 5.74) is -7.32. The molecular formula is C43H17F39N8O4. The molecule has 12 nitrogen and oxygen atoms in total. The molecule has 1 aliphatic heterocycles. The number of rotatable bonds is 22. The molecule has 0 unspecified atom stereocenters. The summed E-state index contributed by atoms with van der Waals surface area (Å²) in [6, 6.07) is -7.12. The Labute approximate surface area is 488 Å². The molecule has 6 rings (SSSR count). The molecule has 0 aliphatic carbocycles. The van der Waals surface area contributed by atoms with Crippen molar-refractivity contribution in [2.24, 2.45) is 0 Å². The van der Waals surface area contributed by atoms with E-state index in [0.29, 0.717) is 42.5 Å². The summed E-state index contributed by atoms with van der Waals surface area (Å²) in [5, 5.41) is -2.86. The van der Waals surface area contributed by atoms with Gasteiger partial charge in [0.15, 0.2) is 26.4 Å². The highest BCUT2D eigenvalue weighted by Gasteiger charge is 2.85. The number of hydrogen-bond donors (Lipinski definition) is 0. The highest BCUT2D eigenvalue weighted by atomic mass is 19.5. The number of nitrogens with zero attached hydrogens (tertiary/aromatic N) is 8. The molecule has 526 valence electrons. The highest BCUT2D eigenvalue weighted by molar-refractivity contribution is 6.13. The molecule has 0 spiro atoms. The summed E-state index contributed by atoms with van der Waals surface area (Å²) >= 11 is 0. The van der Waals surface area contributed by atoms with Crippen LogP contribution in [0.2, 0.25) is 0 Å². The monoisotopic (exact) mass is 1450 g/mol. The number of hydrogen-bond acceptors (Lipinski definition) is 12. The molecule has 0 saturated carbocycles. The number of para-hydroxylation sites is 2. The Morgan fingerprint density at radius 3 is 0.755 bits per heavy atom. The van der Waals surface area contributed by atoms with Crippen molar-refractivity contribution in [3.8, 4) is 24.0 Å². The van der Waals surface area contributed by atoms with Gasteiger partial charge in [-0.2, -0.15) is 191 Å². The average Bonchev–Trinajstić information content (AvgIpc) is 1.42. The van der Waals surface area contributed by atoms with E-state index in [9.17, 15) is 171 Å². The van der Waals surface area contributed by atoms with Crippen molar-refractivity contribution in [2.45, 2.75) is 102 Å². The minimum absolute atomic E-state index is 0.0764. The molecule has 51 heteroatoms. The first-order valence-electron chi connectivity index (χ1n) is 23.0. The number of alkyl halides is 39. The second kappa shape index (κ2) is 22.9. The van der Waals surface area contributed by atoms with Crippen molar-refractivity contribution in [3.05, 3.63) is 60.2 Å². The van der Waals surface area contributed by atoms with Gasteiger partial charge in [-0.15, -0.1) is 9.97 Å². The minimum Gasteiger partial charge on any atom is -0.457 e. The number of aromatic nitrogens is 6. The largest absolute Gasteiger partial charge is 0.460 e. The third-order valence-corrected chi connectivity index (χ3v) is 12.1. The van der Waals surface area contributed by atoms with Gasteiger partial charge in [-0.05, 0) is 35.7 Å². The molecule has 3 heterocycles. The first kappa shape index (κ1) is 75.0. The van der Waals surface area contributed by atoms with Gasteiger partial charge in [0.25, 0.3) is 0 Å². The molecule has 0 bridgehead atoms. The number of fused-ring (bicyclic) bond motifs is 1. The van der Waals surface area contributed by atoms with Crippen LogP contribution in [0.25, 0.3) is 10.8 Å². The van der Waals surface area contributed by atoms with Gasteiger partial charge in [0.05, 0.1) is 28.3 Å². The fourth-order valence-corrected chi connectivity index (χ4v) is 7.25. The van der Waals surface area contributed by atoms with E-state index in [-0.39, 0.29) is 21.9 Å². The van der Waals surface area contributed by atoms with Gasteiger partial charge in [-0.1, -0.05) is 24.3 Å². The predicted molar refractivity (Wildman–Crippen MR) is 224 cm³/mol. The Bertz CT molecular complexity index is 3270. The molecule has 0 N–H and O–H groups in total. The molecule has 0 fully saturated rings. The maximum atomic E-state index is 14.9. The molecule has 94 heavy (non-hydrogen) atoms. The average molecular weight is 1450 g/mol. The molecule has 0 amide bonds. The predicted octanol–water partition coefficient (Wildman–Crippen LogP) is 16.9. The third-order valence-electron chi connectivity index (χ3n) is 12.1. The molecular weight excluding hydrogens is 1430 g/mol. The van der Waals surface area contributed by atoms with E-state index in [1.54, 1.807) is 0 Å². The van der Waals surface area contributed by atoms with E-state index in [2.05, 4.69) is 48.9 Å². The number of benzene rings is 3. The van der Waals surface area contributed by atoms with Gasteiger partial charge >= 0.3 is 126 Å². The van der Waals surface area contributed by atoms with E-state index in [0.717, 1.165) is 0 Å². The summed E-state index contributed by atoms with van der Waals surface area (Å²) in [6.07, 6.45) is -36.3. The molecule has 0 saturated heterocycles. The van der Waals surface area contributed by atoms with Crippen molar-refractivity contribution in [2.75, 3.05) is 36.2 Å². The van der Waals surface area contributed by atoms with Crippen LogP contribution < -0.4 is 28.7 Å². The first-order chi connectivity index (χ1) is 41.9. The second-order valence-corrected chi connectivity index (χ2v) is 18.4. The Balaban J connectivity index is 1.69. The maximum Gasteiger partial charge on any atom is 0.460 e. The normalized spacial score (nSPS) is 15.3. The van der Waals surface area contributed by atoms with Gasteiger partial charge in [-0.3, -0.25) is 9.80 Å². The lowest BCUT2D eigenvalue weighted by Gasteiger charge is -2.33. The van der Waals surface area contributed by atoms with Crippen LogP contribution in [0.15, 0.2) is 54.6 Å². The Morgan fingerprint density at radius 1 is 0.266 bits per heavy atom. The van der Waals surface area contributed by atoms with Gasteiger partial charge in [0.1, 0.15) is 0 Å². The zero-order chi connectivity index (χ0) is 72.4. The fourth-order valence-electron chi connectivity index (χ4n) is 7.25. The lowest BCUT2D eigenvalue weighted by molar-refractivity contribution is -0.398. The molecule has 2 aromatic heterocycles. The Hall–Kier alpha value is -7.99. The summed E-state index contributed by atoms with van der Waals surface area (Å²) < 4.78 is 560. The fraction of sp³-hybridized carbons (Fsp3) is 0.488. The molecule has 1 aliphatic rings. The van der Waals surface area contributed by atoms with E-state index < -0.39 is 203 Å². The van der Waals surface area contributed by atoms with Crippen LogP contribution in [0.1, 0.15) is 5.56 Å². The summed E-state index contributed by atoms with van der Waals surface area (Å²) in [5.74, 6) is -94.2. The van der Waals surface area contributed by atoms with Crippen LogP contribution in [-0.4, -0.2) is 152 Å². The van der Waals surface area contributed by atoms with Crippen LogP contribution in [0.4, 0.5) is 206 Å². The quantitative estimate of drug-likeness (QED) is 0.0602. The van der Waals surface area contributed by atoms with Crippen LogP contribution in [0, 0.1) is 0 Å². The lowest BCUT2D eigenvalue weighted by Crippen LogP contribution is -2.62. The van der Waals surface area contributed by atoms with E-state index in [1.807, 2.05) is 0 Å². The summed E-state index contributed by atoms with van der Waals surface area (Å²) in [4.78, 5) is 17.3. The topological polar surface area (TPSA) is 121 Å².